The molecule has 2 rings (SSSR count). The van der Waals surface area contributed by atoms with Crippen LogP contribution in [0.2, 0.25) is 0 Å². The van der Waals surface area contributed by atoms with E-state index in [4.69, 9.17) is 0 Å². The van der Waals surface area contributed by atoms with Gasteiger partial charge in [-0.3, -0.25) is 10.2 Å². The topological polar surface area (TPSA) is 88.0 Å². The van der Waals surface area contributed by atoms with Crippen molar-refractivity contribution in [2.24, 2.45) is 0 Å². The molecule has 0 unspecified atom stereocenters. The lowest BCUT2D eigenvalue weighted by molar-refractivity contribution is -0.122. The van der Waals surface area contributed by atoms with E-state index >= 15 is 0 Å². The van der Waals surface area contributed by atoms with Crippen molar-refractivity contribution in [3.8, 4) is 0 Å². The number of fused-ring (bicyclic) bond motifs is 1. The van der Waals surface area contributed by atoms with Gasteiger partial charge in [0, 0.05) is 6.54 Å². The molecule has 0 aliphatic rings. The first-order chi connectivity index (χ1) is 11.7. The number of benzene rings is 1. The standard InChI is InChI=1S/C16H23N5O2S/c1-3-4-9-17-16(23)20-19-15(22)10-21-13-8-6-5-7-12(13)18-14(21)11-24-2/h5-8H,3-4,9-11H2,1-2H3,(H,19,22)(H2,17,20,23). The number of nitrogens with zero attached hydrogens (tertiary/aromatic N) is 2. The van der Waals surface area contributed by atoms with Gasteiger partial charge in [0.1, 0.15) is 12.4 Å². The number of rotatable bonds is 7. The molecule has 24 heavy (non-hydrogen) atoms. The molecule has 0 saturated carbocycles. The van der Waals surface area contributed by atoms with Crippen LogP contribution >= 0.6 is 11.8 Å². The minimum absolute atomic E-state index is 0.103. The highest BCUT2D eigenvalue weighted by molar-refractivity contribution is 7.97. The van der Waals surface area contributed by atoms with Gasteiger partial charge in [-0.25, -0.2) is 15.2 Å². The predicted molar refractivity (Wildman–Crippen MR) is 96.5 cm³/mol. The number of hydrazine groups is 1. The van der Waals surface area contributed by atoms with Crippen molar-refractivity contribution in [1.29, 1.82) is 0 Å². The average molecular weight is 349 g/mol. The molecule has 130 valence electrons. The Labute approximate surface area is 145 Å². The molecule has 1 heterocycles. The van der Waals surface area contributed by atoms with Gasteiger partial charge < -0.3 is 9.88 Å². The smallest absolute Gasteiger partial charge is 0.333 e. The van der Waals surface area contributed by atoms with Crippen LogP contribution in [0.15, 0.2) is 24.3 Å². The molecule has 8 heteroatoms. The van der Waals surface area contributed by atoms with E-state index in [0.717, 1.165) is 29.7 Å². The molecule has 0 spiro atoms. The summed E-state index contributed by atoms with van der Waals surface area (Å²) in [5.41, 5.74) is 6.56. The number of hydrogen-bond donors (Lipinski definition) is 3. The van der Waals surface area contributed by atoms with Crippen LogP contribution in [-0.4, -0.2) is 34.3 Å². The number of carbonyl (C=O) groups is 2. The Bertz CT molecular complexity index is 701. The van der Waals surface area contributed by atoms with E-state index in [9.17, 15) is 9.59 Å². The number of carbonyl (C=O) groups excluding carboxylic acids is 2. The normalized spacial score (nSPS) is 10.6. The minimum atomic E-state index is -0.406. The highest BCUT2D eigenvalue weighted by atomic mass is 32.2. The molecule has 7 nitrogen and oxygen atoms in total. The second-order valence-electron chi connectivity index (χ2n) is 5.32. The second kappa shape index (κ2) is 9.17. The number of imidazole rings is 1. The Morgan fingerprint density at radius 3 is 2.79 bits per heavy atom. The quantitative estimate of drug-likeness (QED) is 0.527. The van der Waals surface area contributed by atoms with Gasteiger partial charge in [-0.05, 0) is 24.8 Å². The summed E-state index contributed by atoms with van der Waals surface area (Å²) in [7, 11) is 0. The zero-order valence-electron chi connectivity index (χ0n) is 14.0. The van der Waals surface area contributed by atoms with Crippen molar-refractivity contribution in [1.82, 2.24) is 25.7 Å². The second-order valence-corrected chi connectivity index (χ2v) is 6.18. The summed E-state index contributed by atoms with van der Waals surface area (Å²) < 4.78 is 1.87. The first-order valence-electron chi connectivity index (χ1n) is 7.91. The number of unbranched alkanes of at least 4 members (excludes halogenated alkanes) is 1. The van der Waals surface area contributed by atoms with E-state index in [1.54, 1.807) is 11.8 Å². The van der Waals surface area contributed by atoms with E-state index in [-0.39, 0.29) is 12.5 Å². The summed E-state index contributed by atoms with van der Waals surface area (Å²) in [4.78, 5) is 28.2. The Morgan fingerprint density at radius 2 is 2.04 bits per heavy atom. The lowest BCUT2D eigenvalue weighted by atomic mass is 10.3. The number of hydrogen-bond acceptors (Lipinski definition) is 4. The van der Waals surface area contributed by atoms with Crippen LogP contribution in [-0.2, 0) is 17.1 Å². The fourth-order valence-electron chi connectivity index (χ4n) is 2.27. The molecule has 0 radical (unpaired) electrons. The van der Waals surface area contributed by atoms with Crippen molar-refractivity contribution < 1.29 is 9.59 Å². The zero-order valence-corrected chi connectivity index (χ0v) is 14.8. The van der Waals surface area contributed by atoms with Crippen LogP contribution < -0.4 is 16.2 Å². The highest BCUT2D eigenvalue weighted by Crippen LogP contribution is 2.18. The van der Waals surface area contributed by atoms with Gasteiger partial charge >= 0.3 is 6.03 Å². The molecule has 1 aromatic carbocycles. The van der Waals surface area contributed by atoms with Crippen LogP contribution in [0, 0.1) is 0 Å². The van der Waals surface area contributed by atoms with Gasteiger partial charge in [0.25, 0.3) is 5.91 Å². The first kappa shape index (κ1) is 18.1. The van der Waals surface area contributed by atoms with Crippen LogP contribution in [0.5, 0.6) is 0 Å². The number of nitrogens with one attached hydrogen (secondary N) is 3. The fourth-order valence-corrected chi connectivity index (χ4v) is 2.75. The molecular formula is C16H23N5O2S. The first-order valence-corrected chi connectivity index (χ1v) is 9.30. The van der Waals surface area contributed by atoms with Gasteiger partial charge in [0.2, 0.25) is 0 Å². The van der Waals surface area contributed by atoms with E-state index in [2.05, 4.69) is 21.2 Å². The summed E-state index contributed by atoms with van der Waals surface area (Å²) >= 11 is 1.65. The molecule has 0 aliphatic heterocycles. The van der Waals surface area contributed by atoms with E-state index in [0.29, 0.717) is 12.3 Å². The Hall–Kier alpha value is -2.22. The monoisotopic (exact) mass is 349 g/mol. The summed E-state index contributed by atoms with van der Waals surface area (Å²) in [6, 6.07) is 7.29. The highest BCUT2D eigenvalue weighted by Gasteiger charge is 2.13. The Balaban J connectivity index is 1.97. The third-order valence-corrected chi connectivity index (χ3v) is 3.99. The van der Waals surface area contributed by atoms with Crippen molar-refractivity contribution in [3.63, 3.8) is 0 Å². The number of urea groups is 1. The maximum atomic E-state index is 12.1. The van der Waals surface area contributed by atoms with Gasteiger partial charge in [-0.1, -0.05) is 25.5 Å². The van der Waals surface area contributed by atoms with Gasteiger partial charge in [0.05, 0.1) is 16.8 Å². The van der Waals surface area contributed by atoms with E-state index < -0.39 is 6.03 Å². The lowest BCUT2D eigenvalue weighted by Crippen LogP contribution is -2.48. The van der Waals surface area contributed by atoms with Gasteiger partial charge in [0.15, 0.2) is 0 Å². The molecule has 0 bridgehead atoms. The average Bonchev–Trinajstić information content (AvgIpc) is 2.91. The molecule has 0 saturated heterocycles. The zero-order chi connectivity index (χ0) is 17.4. The van der Waals surface area contributed by atoms with E-state index in [1.807, 2.05) is 42.0 Å². The summed E-state index contributed by atoms with van der Waals surface area (Å²) in [5, 5.41) is 2.67. The van der Waals surface area contributed by atoms with Crippen LogP contribution in [0.1, 0.15) is 25.6 Å². The lowest BCUT2D eigenvalue weighted by Gasteiger charge is -2.11. The summed E-state index contributed by atoms with van der Waals surface area (Å²) in [6.45, 7) is 2.73. The summed E-state index contributed by atoms with van der Waals surface area (Å²) in [5.74, 6) is 1.25. The maximum Gasteiger partial charge on any atom is 0.333 e. The van der Waals surface area contributed by atoms with Crippen LogP contribution in [0.3, 0.4) is 0 Å². The van der Waals surface area contributed by atoms with Crippen molar-refractivity contribution in [2.45, 2.75) is 32.1 Å². The van der Waals surface area contributed by atoms with Gasteiger partial charge in [-0.15, -0.1) is 0 Å². The van der Waals surface area contributed by atoms with Crippen molar-refractivity contribution in [3.05, 3.63) is 30.1 Å². The van der Waals surface area contributed by atoms with Gasteiger partial charge in [-0.2, -0.15) is 11.8 Å². The molecule has 1 aromatic heterocycles. The maximum absolute atomic E-state index is 12.1. The number of thioether (sulfide) groups is 1. The largest absolute Gasteiger partial charge is 0.337 e. The molecule has 3 N–H and O–H groups in total. The van der Waals surface area contributed by atoms with Crippen molar-refractivity contribution >= 4 is 34.7 Å². The molecular weight excluding hydrogens is 326 g/mol. The third kappa shape index (κ3) is 4.89. The molecule has 3 amide bonds. The predicted octanol–water partition coefficient (Wildman–Crippen LogP) is 2.03. The third-order valence-electron chi connectivity index (χ3n) is 3.44. The minimum Gasteiger partial charge on any atom is -0.337 e. The SMILES string of the molecule is CCCCNC(=O)NNC(=O)Cn1c(CSC)nc2ccccc21. The fraction of sp³-hybridized carbons (Fsp3) is 0.438. The van der Waals surface area contributed by atoms with Crippen LogP contribution in [0.25, 0.3) is 11.0 Å². The molecule has 0 aliphatic carbocycles. The van der Waals surface area contributed by atoms with Crippen LogP contribution in [0.4, 0.5) is 4.79 Å². The Kier molecular flexibility index (Phi) is 6.92. The van der Waals surface area contributed by atoms with Crippen molar-refractivity contribution in [2.75, 3.05) is 12.8 Å². The summed E-state index contributed by atoms with van der Waals surface area (Å²) in [6.07, 6.45) is 3.89. The molecule has 0 fully saturated rings. The molecule has 0 atom stereocenters. The Morgan fingerprint density at radius 1 is 1.25 bits per heavy atom. The van der Waals surface area contributed by atoms with E-state index in [1.165, 1.54) is 0 Å². The number of amides is 3. The molecule has 2 aromatic rings. The number of para-hydroxylation sites is 2. The number of aromatic nitrogens is 2.